The summed E-state index contributed by atoms with van der Waals surface area (Å²) >= 11 is 0. The molecular weight excluding hydrogens is 472 g/mol. The zero-order valence-electron chi connectivity index (χ0n) is 27.5. The lowest BCUT2D eigenvalue weighted by atomic mass is 9.79. The molecule has 2 nitrogen and oxygen atoms in total. The maximum atomic E-state index is 4.37. The third-order valence-electron chi connectivity index (χ3n) is 9.48. The molecule has 0 spiro atoms. The zero-order valence-corrected chi connectivity index (χ0v) is 27.5. The third-order valence-corrected chi connectivity index (χ3v) is 9.48. The molecule has 0 aliphatic carbocycles. The maximum Gasteiger partial charge on any atom is 0.0951 e. The lowest BCUT2D eigenvalue weighted by Gasteiger charge is -2.36. The van der Waals surface area contributed by atoms with Crippen LogP contribution < -0.4 is 0 Å². The molecule has 1 rings (SSSR count). The fourth-order valence-corrected chi connectivity index (χ4v) is 6.48. The van der Waals surface area contributed by atoms with Crippen molar-refractivity contribution in [3.63, 3.8) is 0 Å². The normalized spacial score (nSPS) is 12.8. The molecule has 0 aromatic carbocycles. The first kappa shape index (κ1) is 36.2. The molecule has 0 bridgehead atoms. The number of hydrogen-bond donors (Lipinski definition) is 0. The van der Waals surface area contributed by atoms with E-state index in [0.29, 0.717) is 0 Å². The second-order valence-electron chi connectivity index (χ2n) is 13.4. The summed E-state index contributed by atoms with van der Waals surface area (Å²) in [5.74, 6) is 0.757. The van der Waals surface area contributed by atoms with Gasteiger partial charge in [-0.2, -0.15) is 0 Å². The molecule has 1 atom stereocenters. The first-order chi connectivity index (χ1) is 19.1. The van der Waals surface area contributed by atoms with Gasteiger partial charge in [-0.25, -0.2) is 4.98 Å². The van der Waals surface area contributed by atoms with Crippen LogP contribution in [0.25, 0.3) is 0 Å². The molecule has 1 heterocycles. The van der Waals surface area contributed by atoms with Crippen LogP contribution in [0.4, 0.5) is 0 Å². The Hall–Kier alpha value is -0.790. The van der Waals surface area contributed by atoms with E-state index in [1.54, 1.807) is 0 Å². The minimum absolute atomic E-state index is 0.171. The second-order valence-corrected chi connectivity index (χ2v) is 13.4. The van der Waals surface area contributed by atoms with Crippen LogP contribution in [0.2, 0.25) is 0 Å². The van der Waals surface area contributed by atoms with Crippen LogP contribution in [0.3, 0.4) is 0 Å². The summed E-state index contributed by atoms with van der Waals surface area (Å²) in [5.41, 5.74) is 0.171. The van der Waals surface area contributed by atoms with Crippen LogP contribution in [0.5, 0.6) is 0 Å². The van der Waals surface area contributed by atoms with Crippen molar-refractivity contribution in [2.75, 3.05) is 0 Å². The highest BCUT2D eigenvalue weighted by molar-refractivity contribution is 4.90. The standard InChI is InChI=1S/C37H72N2/c1-5-7-9-11-13-15-17-19-20-22-24-26-28-30-32-36(37(3,4)39-34-33-38-35-39)31-29-27-25-23-21-18-16-14-12-10-8-6-2/h33-36H,5-32H2,1-4H3. The highest BCUT2D eigenvalue weighted by Crippen LogP contribution is 2.34. The van der Waals surface area contributed by atoms with E-state index in [0.717, 1.165) is 5.92 Å². The summed E-state index contributed by atoms with van der Waals surface area (Å²) in [4.78, 5) is 4.37. The zero-order chi connectivity index (χ0) is 28.3. The Morgan fingerprint density at radius 1 is 0.487 bits per heavy atom. The summed E-state index contributed by atoms with van der Waals surface area (Å²) in [6.45, 7) is 9.51. The van der Waals surface area contributed by atoms with Gasteiger partial charge in [0.05, 0.1) is 6.33 Å². The van der Waals surface area contributed by atoms with Crippen molar-refractivity contribution in [3.05, 3.63) is 18.7 Å². The van der Waals surface area contributed by atoms with Gasteiger partial charge in [0.25, 0.3) is 0 Å². The van der Waals surface area contributed by atoms with Crippen molar-refractivity contribution in [1.29, 1.82) is 0 Å². The molecule has 2 heteroatoms. The number of nitrogens with zero attached hydrogens (tertiary/aromatic N) is 2. The van der Waals surface area contributed by atoms with Gasteiger partial charge in [0.15, 0.2) is 0 Å². The fraction of sp³-hybridized carbons (Fsp3) is 0.919. The first-order valence-corrected chi connectivity index (χ1v) is 18.1. The van der Waals surface area contributed by atoms with Gasteiger partial charge in [0.2, 0.25) is 0 Å². The number of unbranched alkanes of at least 4 members (excludes halogenated alkanes) is 24. The van der Waals surface area contributed by atoms with Crippen molar-refractivity contribution < 1.29 is 0 Å². The molecule has 1 unspecified atom stereocenters. The Morgan fingerprint density at radius 2 is 0.795 bits per heavy atom. The van der Waals surface area contributed by atoms with Gasteiger partial charge in [-0.05, 0) is 32.6 Å². The summed E-state index contributed by atoms with van der Waals surface area (Å²) in [6.07, 6.45) is 46.4. The lowest BCUT2D eigenvalue weighted by Crippen LogP contribution is -2.34. The van der Waals surface area contributed by atoms with Crippen LogP contribution in [0, 0.1) is 5.92 Å². The maximum absolute atomic E-state index is 4.37. The second kappa shape index (κ2) is 26.1. The van der Waals surface area contributed by atoms with Crippen LogP contribution in [0.15, 0.2) is 18.7 Å². The average molecular weight is 545 g/mol. The predicted molar refractivity (Wildman–Crippen MR) is 176 cm³/mol. The number of aromatic nitrogens is 2. The molecule has 0 fully saturated rings. The Morgan fingerprint density at radius 3 is 1.08 bits per heavy atom. The highest BCUT2D eigenvalue weighted by Gasteiger charge is 2.30. The molecule has 0 aliphatic heterocycles. The lowest BCUT2D eigenvalue weighted by molar-refractivity contribution is 0.181. The summed E-state index contributed by atoms with van der Waals surface area (Å²) < 4.78 is 2.38. The number of hydrogen-bond acceptors (Lipinski definition) is 1. The Balaban J connectivity index is 2.14. The van der Waals surface area contributed by atoms with Crippen molar-refractivity contribution >= 4 is 0 Å². The van der Waals surface area contributed by atoms with Gasteiger partial charge in [-0.15, -0.1) is 0 Å². The highest BCUT2D eigenvalue weighted by atomic mass is 15.1. The monoisotopic (exact) mass is 545 g/mol. The number of rotatable bonds is 30. The van der Waals surface area contributed by atoms with Gasteiger partial charge < -0.3 is 4.57 Å². The Kier molecular flexibility index (Phi) is 24.3. The van der Waals surface area contributed by atoms with Gasteiger partial charge in [0.1, 0.15) is 0 Å². The molecule has 0 N–H and O–H groups in total. The minimum Gasteiger partial charge on any atom is -0.332 e. The molecule has 0 radical (unpaired) electrons. The number of imidazole rings is 1. The van der Waals surface area contributed by atoms with Crippen LogP contribution in [-0.4, -0.2) is 9.55 Å². The van der Waals surface area contributed by atoms with E-state index < -0.39 is 0 Å². The third kappa shape index (κ3) is 19.8. The van der Waals surface area contributed by atoms with Gasteiger partial charge in [0, 0.05) is 17.9 Å². The molecular formula is C37H72N2. The fourth-order valence-electron chi connectivity index (χ4n) is 6.48. The van der Waals surface area contributed by atoms with Crippen LogP contribution >= 0.6 is 0 Å². The molecule has 0 saturated carbocycles. The molecule has 0 amide bonds. The average Bonchev–Trinajstić information content (AvgIpc) is 3.49. The van der Waals surface area contributed by atoms with Crippen LogP contribution in [-0.2, 0) is 5.54 Å². The van der Waals surface area contributed by atoms with E-state index in [2.05, 4.69) is 43.4 Å². The predicted octanol–water partition coefficient (Wildman–Crippen LogP) is 13.2. The van der Waals surface area contributed by atoms with Crippen molar-refractivity contribution in [3.8, 4) is 0 Å². The smallest absolute Gasteiger partial charge is 0.0951 e. The molecule has 0 aliphatic rings. The molecule has 1 aromatic heterocycles. The van der Waals surface area contributed by atoms with E-state index in [9.17, 15) is 0 Å². The van der Waals surface area contributed by atoms with Crippen LogP contribution in [0.1, 0.15) is 207 Å². The van der Waals surface area contributed by atoms with Crippen molar-refractivity contribution in [2.45, 2.75) is 213 Å². The van der Waals surface area contributed by atoms with E-state index >= 15 is 0 Å². The van der Waals surface area contributed by atoms with Crippen molar-refractivity contribution in [2.24, 2.45) is 5.92 Å². The largest absolute Gasteiger partial charge is 0.332 e. The Labute approximate surface area is 246 Å². The minimum atomic E-state index is 0.171. The quantitative estimate of drug-likeness (QED) is 0.0880. The Bertz CT molecular complexity index is 591. The summed E-state index contributed by atoms with van der Waals surface area (Å²) in [6, 6.07) is 0. The van der Waals surface area contributed by atoms with Crippen molar-refractivity contribution in [1.82, 2.24) is 9.55 Å². The summed E-state index contributed by atoms with van der Waals surface area (Å²) in [5, 5.41) is 0. The first-order valence-electron chi connectivity index (χ1n) is 18.1. The summed E-state index contributed by atoms with van der Waals surface area (Å²) in [7, 11) is 0. The molecule has 230 valence electrons. The molecule has 0 saturated heterocycles. The van der Waals surface area contributed by atoms with E-state index in [1.165, 1.54) is 180 Å². The SMILES string of the molecule is CCCCCCCCCCCCCCCCC(CCCCCCCCCCCCCC)C(C)(C)n1ccnc1. The van der Waals surface area contributed by atoms with Gasteiger partial charge >= 0.3 is 0 Å². The van der Waals surface area contributed by atoms with Gasteiger partial charge in [-0.1, -0.05) is 181 Å². The van der Waals surface area contributed by atoms with E-state index in [4.69, 9.17) is 0 Å². The molecule has 39 heavy (non-hydrogen) atoms. The van der Waals surface area contributed by atoms with Gasteiger partial charge in [-0.3, -0.25) is 0 Å². The van der Waals surface area contributed by atoms with E-state index in [-0.39, 0.29) is 5.54 Å². The molecule has 1 aromatic rings. The topological polar surface area (TPSA) is 17.8 Å². The van der Waals surface area contributed by atoms with E-state index in [1.807, 2.05) is 12.5 Å².